The second-order valence-electron chi connectivity index (χ2n) is 3.30. The van der Waals surface area contributed by atoms with E-state index < -0.39 is 11.7 Å². The van der Waals surface area contributed by atoms with Gasteiger partial charge in [0.1, 0.15) is 0 Å². The Morgan fingerprint density at radius 3 is 2.44 bits per heavy atom. The number of halogens is 3. The number of hydrogen-bond donors (Lipinski definition) is 1. The summed E-state index contributed by atoms with van der Waals surface area (Å²) in [4.78, 5) is 11.3. The summed E-state index contributed by atoms with van der Waals surface area (Å²) in [5.41, 5.74) is -0.302. The predicted octanol–water partition coefficient (Wildman–Crippen LogP) is 2.63. The number of hydrogen-bond acceptors (Lipinski definition) is 1. The van der Waals surface area contributed by atoms with Crippen molar-refractivity contribution in [2.75, 3.05) is 7.05 Å². The van der Waals surface area contributed by atoms with Crippen LogP contribution in [0.2, 0.25) is 0 Å². The normalized spacial score (nSPS) is 11.3. The summed E-state index contributed by atoms with van der Waals surface area (Å²) >= 11 is 0. The molecule has 0 atom stereocenters. The van der Waals surface area contributed by atoms with Crippen LogP contribution in [0, 0.1) is 0 Å². The maximum absolute atomic E-state index is 12.5. The van der Waals surface area contributed by atoms with E-state index in [1.54, 1.807) is 6.92 Å². The fourth-order valence-corrected chi connectivity index (χ4v) is 1.45. The monoisotopic (exact) mass is 231 g/mol. The first-order valence-corrected chi connectivity index (χ1v) is 4.82. The average Bonchev–Trinajstić information content (AvgIpc) is 2.25. The summed E-state index contributed by atoms with van der Waals surface area (Å²) in [7, 11) is 1.44. The molecule has 0 fully saturated rings. The molecular weight excluding hydrogens is 219 g/mol. The highest BCUT2D eigenvalue weighted by Gasteiger charge is 2.32. The lowest BCUT2D eigenvalue weighted by Crippen LogP contribution is -2.19. The van der Waals surface area contributed by atoms with Crippen LogP contribution >= 0.6 is 0 Å². The van der Waals surface area contributed by atoms with Gasteiger partial charge in [-0.05, 0) is 30.2 Å². The molecule has 0 saturated heterocycles. The number of alkyl halides is 3. The Hall–Kier alpha value is -1.52. The van der Waals surface area contributed by atoms with Gasteiger partial charge in [0, 0.05) is 12.6 Å². The van der Waals surface area contributed by atoms with Crippen molar-refractivity contribution in [3.8, 4) is 0 Å². The predicted molar refractivity (Wildman–Crippen MR) is 54.2 cm³/mol. The molecule has 0 aliphatic rings. The highest BCUT2D eigenvalue weighted by atomic mass is 19.4. The van der Waals surface area contributed by atoms with Crippen molar-refractivity contribution in [1.82, 2.24) is 5.32 Å². The Morgan fingerprint density at radius 1 is 1.38 bits per heavy atom. The third kappa shape index (κ3) is 2.53. The highest BCUT2D eigenvalue weighted by molar-refractivity contribution is 5.94. The highest BCUT2D eigenvalue weighted by Crippen LogP contribution is 2.32. The number of aryl methyl sites for hydroxylation is 1. The molecule has 1 aromatic rings. The van der Waals surface area contributed by atoms with Crippen LogP contribution in [0.5, 0.6) is 0 Å². The first kappa shape index (κ1) is 12.5. The smallest absolute Gasteiger partial charge is 0.355 e. The van der Waals surface area contributed by atoms with Crippen LogP contribution in [0.4, 0.5) is 13.2 Å². The van der Waals surface area contributed by atoms with Crippen molar-refractivity contribution >= 4 is 5.91 Å². The summed E-state index contributed by atoms with van der Waals surface area (Å²) < 4.78 is 37.6. The van der Waals surface area contributed by atoms with E-state index in [9.17, 15) is 18.0 Å². The third-order valence-electron chi connectivity index (χ3n) is 2.28. The van der Waals surface area contributed by atoms with E-state index in [2.05, 4.69) is 5.32 Å². The van der Waals surface area contributed by atoms with Crippen LogP contribution in [0.1, 0.15) is 28.4 Å². The van der Waals surface area contributed by atoms with Gasteiger partial charge in [-0.25, -0.2) is 0 Å². The molecule has 0 unspecified atom stereocenters. The number of amides is 1. The molecule has 0 aliphatic heterocycles. The summed E-state index contributed by atoms with van der Waals surface area (Å²) in [6.45, 7) is 1.62. The largest absolute Gasteiger partial charge is 0.416 e. The lowest BCUT2D eigenvalue weighted by molar-refractivity contribution is -0.138. The van der Waals surface area contributed by atoms with Crippen LogP contribution in [0.25, 0.3) is 0 Å². The molecule has 88 valence electrons. The number of rotatable bonds is 2. The van der Waals surface area contributed by atoms with Gasteiger partial charge in [-0.15, -0.1) is 0 Å². The molecule has 16 heavy (non-hydrogen) atoms. The molecule has 0 bridgehead atoms. The molecule has 0 aromatic heterocycles. The minimum atomic E-state index is -4.37. The lowest BCUT2D eigenvalue weighted by Gasteiger charge is -2.12. The number of nitrogens with one attached hydrogen (secondary N) is 1. The maximum Gasteiger partial charge on any atom is 0.416 e. The van der Waals surface area contributed by atoms with Crippen molar-refractivity contribution < 1.29 is 18.0 Å². The van der Waals surface area contributed by atoms with Gasteiger partial charge < -0.3 is 5.32 Å². The van der Waals surface area contributed by atoms with E-state index in [4.69, 9.17) is 0 Å². The van der Waals surface area contributed by atoms with E-state index in [1.165, 1.54) is 19.2 Å². The molecule has 0 heterocycles. The van der Waals surface area contributed by atoms with Gasteiger partial charge in [-0.2, -0.15) is 13.2 Å². The van der Waals surface area contributed by atoms with Crippen LogP contribution in [-0.2, 0) is 12.6 Å². The van der Waals surface area contributed by atoms with Crippen LogP contribution in [0.15, 0.2) is 18.2 Å². The molecule has 0 spiro atoms. The van der Waals surface area contributed by atoms with Gasteiger partial charge in [0.05, 0.1) is 5.56 Å². The van der Waals surface area contributed by atoms with Crippen molar-refractivity contribution in [1.29, 1.82) is 0 Å². The van der Waals surface area contributed by atoms with Gasteiger partial charge in [-0.1, -0.05) is 6.92 Å². The molecule has 0 aliphatic carbocycles. The summed E-state index contributed by atoms with van der Waals surface area (Å²) in [5, 5.41) is 2.37. The third-order valence-corrected chi connectivity index (χ3v) is 2.28. The zero-order chi connectivity index (χ0) is 12.3. The second-order valence-corrected chi connectivity index (χ2v) is 3.30. The van der Waals surface area contributed by atoms with Crippen LogP contribution < -0.4 is 5.32 Å². The molecule has 0 radical (unpaired) electrons. The fraction of sp³-hybridized carbons (Fsp3) is 0.364. The molecule has 1 rings (SSSR count). The van der Waals surface area contributed by atoms with Gasteiger partial charge >= 0.3 is 6.18 Å². The van der Waals surface area contributed by atoms with E-state index in [0.29, 0.717) is 0 Å². The summed E-state index contributed by atoms with van der Waals surface area (Å²) in [6, 6.07) is 3.41. The Labute approximate surface area is 91.5 Å². The maximum atomic E-state index is 12.5. The standard InChI is InChI=1S/C11H12F3NO/c1-3-7-6-8(10(16)15-2)4-5-9(7)11(12,13)14/h4-6H,3H2,1-2H3,(H,15,16). The van der Waals surface area contributed by atoms with Gasteiger partial charge in [0.15, 0.2) is 0 Å². The van der Waals surface area contributed by atoms with Crippen LogP contribution in [-0.4, -0.2) is 13.0 Å². The Kier molecular flexibility index (Phi) is 3.57. The Bertz CT molecular complexity index is 399. The minimum Gasteiger partial charge on any atom is -0.355 e. The minimum absolute atomic E-state index is 0.133. The molecular formula is C11H12F3NO. The SMILES string of the molecule is CCc1cc(C(=O)NC)ccc1C(F)(F)F. The average molecular weight is 231 g/mol. The number of carbonyl (C=O) groups is 1. The molecule has 2 nitrogen and oxygen atoms in total. The summed E-state index contributed by atoms with van der Waals surface area (Å²) in [5.74, 6) is -0.386. The van der Waals surface area contributed by atoms with Crippen molar-refractivity contribution in [2.45, 2.75) is 19.5 Å². The zero-order valence-electron chi connectivity index (χ0n) is 8.98. The molecule has 1 N–H and O–H groups in total. The second kappa shape index (κ2) is 4.55. The molecule has 5 heteroatoms. The van der Waals surface area contributed by atoms with E-state index in [0.717, 1.165) is 6.07 Å². The first-order chi connectivity index (χ1) is 7.40. The van der Waals surface area contributed by atoms with Crippen molar-refractivity contribution in [2.24, 2.45) is 0 Å². The van der Waals surface area contributed by atoms with Gasteiger partial charge in [-0.3, -0.25) is 4.79 Å². The molecule has 0 saturated carbocycles. The Balaban J connectivity index is 3.22. The van der Waals surface area contributed by atoms with Crippen LogP contribution in [0.3, 0.4) is 0 Å². The summed E-state index contributed by atoms with van der Waals surface area (Å²) in [6.07, 6.45) is -4.13. The van der Waals surface area contributed by atoms with E-state index >= 15 is 0 Å². The topological polar surface area (TPSA) is 29.1 Å². The zero-order valence-corrected chi connectivity index (χ0v) is 8.98. The molecule has 1 amide bonds. The first-order valence-electron chi connectivity index (χ1n) is 4.82. The fourth-order valence-electron chi connectivity index (χ4n) is 1.45. The van der Waals surface area contributed by atoms with Crippen molar-refractivity contribution in [3.63, 3.8) is 0 Å². The number of benzene rings is 1. The quantitative estimate of drug-likeness (QED) is 0.832. The van der Waals surface area contributed by atoms with Crippen molar-refractivity contribution in [3.05, 3.63) is 34.9 Å². The van der Waals surface area contributed by atoms with E-state index in [-0.39, 0.29) is 23.5 Å². The molecule has 1 aromatic carbocycles. The Morgan fingerprint density at radius 2 is 2.00 bits per heavy atom. The number of carbonyl (C=O) groups excluding carboxylic acids is 1. The lowest BCUT2D eigenvalue weighted by atomic mass is 10.0. The van der Waals surface area contributed by atoms with Gasteiger partial charge in [0.25, 0.3) is 5.91 Å². The van der Waals surface area contributed by atoms with Gasteiger partial charge in [0.2, 0.25) is 0 Å². The van der Waals surface area contributed by atoms with E-state index in [1.807, 2.05) is 0 Å².